The Kier molecular flexibility index (Phi) is 3.23. The monoisotopic (exact) mass is 244 g/mol. The van der Waals surface area contributed by atoms with Gasteiger partial charge in [0.05, 0.1) is 0 Å². The molecule has 5 nitrogen and oxygen atoms in total. The van der Waals surface area contributed by atoms with E-state index in [0.717, 1.165) is 18.2 Å². The van der Waals surface area contributed by atoms with Crippen LogP contribution in [-0.2, 0) is 6.42 Å². The third kappa shape index (κ3) is 2.29. The van der Waals surface area contributed by atoms with Crippen LogP contribution in [-0.4, -0.2) is 21.0 Å². The van der Waals surface area contributed by atoms with Gasteiger partial charge in [-0.1, -0.05) is 31.2 Å². The summed E-state index contributed by atoms with van der Waals surface area (Å²) in [5.41, 5.74) is 0.931. The summed E-state index contributed by atoms with van der Waals surface area (Å²) >= 11 is 0. The van der Waals surface area contributed by atoms with Crippen molar-refractivity contribution in [2.24, 2.45) is 0 Å². The molecule has 0 unspecified atom stereocenters. The highest BCUT2D eigenvalue weighted by Crippen LogP contribution is 2.14. The van der Waals surface area contributed by atoms with Crippen molar-refractivity contribution < 1.29 is 9.90 Å². The fourth-order valence-corrected chi connectivity index (χ4v) is 1.59. The van der Waals surface area contributed by atoms with Gasteiger partial charge in [0, 0.05) is 11.8 Å². The van der Waals surface area contributed by atoms with Crippen LogP contribution in [0.4, 0.5) is 0 Å². The van der Waals surface area contributed by atoms with Crippen molar-refractivity contribution in [3.05, 3.63) is 51.9 Å². The van der Waals surface area contributed by atoms with E-state index < -0.39 is 11.5 Å². The number of nitrogens with zero attached hydrogens (tertiary/aromatic N) is 1. The number of aromatic nitrogens is 2. The number of rotatable bonds is 3. The second kappa shape index (κ2) is 4.83. The van der Waals surface area contributed by atoms with E-state index in [1.807, 2.05) is 24.3 Å². The van der Waals surface area contributed by atoms with Crippen molar-refractivity contribution in [3.63, 3.8) is 0 Å². The molecule has 0 amide bonds. The summed E-state index contributed by atoms with van der Waals surface area (Å²) in [5.74, 6) is -0.913. The highest BCUT2D eigenvalue weighted by atomic mass is 16.4. The predicted octanol–water partition coefficient (Wildman–Crippen LogP) is 1.70. The molecule has 0 saturated carbocycles. The lowest BCUT2D eigenvalue weighted by molar-refractivity contribution is 0.0694. The van der Waals surface area contributed by atoms with Crippen molar-refractivity contribution >= 4 is 5.97 Å². The molecular weight excluding hydrogens is 232 g/mol. The normalized spacial score (nSPS) is 10.3. The van der Waals surface area contributed by atoms with Crippen molar-refractivity contribution in [1.82, 2.24) is 9.97 Å². The SMILES string of the molecule is CCc1ccc(-c2ncc(C(=O)O)c(=O)[nH]2)cc1. The molecule has 0 aliphatic carbocycles. The van der Waals surface area contributed by atoms with Crippen LogP contribution < -0.4 is 5.56 Å². The Hall–Kier alpha value is -2.43. The van der Waals surface area contributed by atoms with Gasteiger partial charge >= 0.3 is 5.97 Å². The summed E-state index contributed by atoms with van der Waals surface area (Å²) < 4.78 is 0. The van der Waals surface area contributed by atoms with Gasteiger partial charge in [0.25, 0.3) is 5.56 Å². The smallest absolute Gasteiger partial charge is 0.342 e. The van der Waals surface area contributed by atoms with Crippen LogP contribution in [0.3, 0.4) is 0 Å². The number of aromatic carboxylic acids is 1. The van der Waals surface area contributed by atoms with Crippen LogP contribution in [0.25, 0.3) is 11.4 Å². The summed E-state index contributed by atoms with van der Waals surface area (Å²) in [6.07, 6.45) is 2.01. The Morgan fingerprint density at radius 2 is 2.00 bits per heavy atom. The van der Waals surface area contributed by atoms with Crippen LogP contribution in [0.5, 0.6) is 0 Å². The minimum atomic E-state index is -1.28. The van der Waals surface area contributed by atoms with Gasteiger partial charge in [-0.15, -0.1) is 0 Å². The van der Waals surface area contributed by atoms with Crippen LogP contribution in [0, 0.1) is 0 Å². The number of hydrogen-bond acceptors (Lipinski definition) is 3. The maximum atomic E-state index is 11.5. The van der Waals surface area contributed by atoms with Gasteiger partial charge in [-0.2, -0.15) is 0 Å². The van der Waals surface area contributed by atoms with Gasteiger partial charge in [-0.25, -0.2) is 9.78 Å². The van der Waals surface area contributed by atoms with E-state index in [1.165, 1.54) is 5.56 Å². The molecule has 0 radical (unpaired) electrons. The first-order chi connectivity index (χ1) is 8.61. The Bertz CT molecular complexity index is 629. The summed E-state index contributed by atoms with van der Waals surface area (Å²) in [4.78, 5) is 28.6. The number of carbonyl (C=O) groups is 1. The number of aryl methyl sites for hydroxylation is 1. The second-order valence-electron chi connectivity index (χ2n) is 3.83. The lowest BCUT2D eigenvalue weighted by Gasteiger charge is -2.02. The Labute approximate surface area is 103 Å². The van der Waals surface area contributed by atoms with Gasteiger partial charge in [-0.05, 0) is 12.0 Å². The van der Waals surface area contributed by atoms with E-state index in [9.17, 15) is 9.59 Å². The lowest BCUT2D eigenvalue weighted by atomic mass is 10.1. The maximum Gasteiger partial charge on any atom is 0.342 e. The van der Waals surface area contributed by atoms with E-state index in [0.29, 0.717) is 5.82 Å². The highest BCUT2D eigenvalue weighted by Gasteiger charge is 2.10. The number of benzene rings is 1. The van der Waals surface area contributed by atoms with Crippen LogP contribution in [0.1, 0.15) is 22.8 Å². The third-order valence-corrected chi connectivity index (χ3v) is 2.67. The zero-order valence-corrected chi connectivity index (χ0v) is 9.80. The van der Waals surface area contributed by atoms with Gasteiger partial charge in [0.2, 0.25) is 0 Å². The minimum absolute atomic E-state index is 0.357. The average molecular weight is 244 g/mol. The molecule has 0 saturated heterocycles. The molecule has 0 fully saturated rings. The van der Waals surface area contributed by atoms with E-state index in [-0.39, 0.29) is 5.56 Å². The number of carboxylic acids is 1. The van der Waals surface area contributed by atoms with E-state index in [2.05, 4.69) is 16.9 Å². The van der Waals surface area contributed by atoms with Gasteiger partial charge < -0.3 is 10.1 Å². The molecule has 1 heterocycles. The first kappa shape index (κ1) is 12.0. The first-order valence-electron chi connectivity index (χ1n) is 5.53. The van der Waals surface area contributed by atoms with Crippen LogP contribution in [0.15, 0.2) is 35.3 Å². The number of H-pyrrole nitrogens is 1. The van der Waals surface area contributed by atoms with Gasteiger partial charge in [-0.3, -0.25) is 4.79 Å². The van der Waals surface area contributed by atoms with E-state index in [1.54, 1.807) is 0 Å². The molecule has 0 aliphatic heterocycles. The van der Waals surface area contributed by atoms with Crippen LogP contribution in [0.2, 0.25) is 0 Å². The second-order valence-corrected chi connectivity index (χ2v) is 3.83. The molecule has 1 aromatic heterocycles. The number of aromatic amines is 1. The molecule has 0 atom stereocenters. The molecule has 18 heavy (non-hydrogen) atoms. The Morgan fingerprint density at radius 1 is 1.33 bits per heavy atom. The summed E-state index contributed by atoms with van der Waals surface area (Å²) in [5, 5.41) is 8.74. The molecule has 1 aromatic carbocycles. The largest absolute Gasteiger partial charge is 0.477 e. The number of carboxylic acid groups (broad SMARTS) is 1. The lowest BCUT2D eigenvalue weighted by Crippen LogP contribution is -2.18. The molecule has 2 N–H and O–H groups in total. The fraction of sp³-hybridized carbons (Fsp3) is 0.154. The molecule has 0 spiro atoms. The minimum Gasteiger partial charge on any atom is -0.477 e. The predicted molar refractivity (Wildman–Crippen MR) is 66.6 cm³/mol. The molecule has 2 rings (SSSR count). The first-order valence-corrected chi connectivity index (χ1v) is 5.53. The summed E-state index contributed by atoms with van der Waals surface area (Å²) in [7, 11) is 0. The average Bonchev–Trinajstić information content (AvgIpc) is 2.38. The van der Waals surface area contributed by atoms with Crippen LogP contribution >= 0.6 is 0 Å². The number of nitrogens with one attached hydrogen (secondary N) is 1. The molecule has 92 valence electrons. The Balaban J connectivity index is 2.42. The van der Waals surface area contributed by atoms with Gasteiger partial charge in [0.15, 0.2) is 0 Å². The van der Waals surface area contributed by atoms with Crippen molar-refractivity contribution in [1.29, 1.82) is 0 Å². The van der Waals surface area contributed by atoms with E-state index in [4.69, 9.17) is 5.11 Å². The molecular formula is C13H12N2O3. The number of hydrogen-bond donors (Lipinski definition) is 2. The fourth-order valence-electron chi connectivity index (χ4n) is 1.59. The quantitative estimate of drug-likeness (QED) is 0.860. The topological polar surface area (TPSA) is 83.0 Å². The highest BCUT2D eigenvalue weighted by molar-refractivity contribution is 5.86. The third-order valence-electron chi connectivity index (χ3n) is 2.67. The zero-order valence-electron chi connectivity index (χ0n) is 9.80. The van der Waals surface area contributed by atoms with E-state index >= 15 is 0 Å². The maximum absolute atomic E-state index is 11.5. The molecule has 2 aromatic rings. The van der Waals surface area contributed by atoms with Crippen molar-refractivity contribution in [2.75, 3.05) is 0 Å². The van der Waals surface area contributed by atoms with Crippen molar-refractivity contribution in [3.8, 4) is 11.4 Å². The summed E-state index contributed by atoms with van der Waals surface area (Å²) in [6, 6.07) is 7.58. The Morgan fingerprint density at radius 3 is 2.50 bits per heavy atom. The summed E-state index contributed by atoms with van der Waals surface area (Å²) in [6.45, 7) is 2.05. The standard InChI is InChI=1S/C13H12N2O3/c1-2-8-3-5-9(6-4-8)11-14-7-10(13(17)18)12(16)15-11/h3-7H,2H2,1H3,(H,17,18)(H,14,15,16). The van der Waals surface area contributed by atoms with Crippen molar-refractivity contribution in [2.45, 2.75) is 13.3 Å². The van der Waals surface area contributed by atoms with Gasteiger partial charge in [0.1, 0.15) is 11.4 Å². The zero-order chi connectivity index (χ0) is 13.1. The molecule has 5 heteroatoms. The molecule has 0 aliphatic rings. The molecule has 0 bridgehead atoms.